The number of hydrogen-bond donors (Lipinski definition) is 1. The van der Waals surface area contributed by atoms with Crippen LogP contribution in [0.1, 0.15) is 30.0 Å². The number of aromatic nitrogens is 1. The number of hydrogen-bond acceptors (Lipinski definition) is 5. The van der Waals surface area contributed by atoms with E-state index in [1.54, 1.807) is 12.4 Å². The maximum absolute atomic E-state index is 11.2. The van der Waals surface area contributed by atoms with Crippen molar-refractivity contribution in [3.63, 3.8) is 0 Å². The molecule has 25 heavy (non-hydrogen) atoms. The van der Waals surface area contributed by atoms with E-state index in [-0.39, 0.29) is 18.8 Å². The first-order chi connectivity index (χ1) is 12.2. The summed E-state index contributed by atoms with van der Waals surface area (Å²) >= 11 is 0. The van der Waals surface area contributed by atoms with Crippen molar-refractivity contribution in [2.24, 2.45) is 5.92 Å². The molecule has 0 saturated carbocycles. The van der Waals surface area contributed by atoms with Crippen molar-refractivity contribution in [1.82, 2.24) is 9.88 Å². The third-order valence-electron chi connectivity index (χ3n) is 4.98. The smallest absolute Gasteiger partial charge is 0.306 e. The Balaban J connectivity index is 1.65. The molecule has 2 aromatic rings. The highest BCUT2D eigenvalue weighted by atomic mass is 16.7. The molecule has 3 heterocycles. The Morgan fingerprint density at radius 1 is 1.08 bits per heavy atom. The number of ether oxygens (including phenoxy) is 2. The van der Waals surface area contributed by atoms with E-state index in [1.807, 2.05) is 24.3 Å². The van der Waals surface area contributed by atoms with E-state index < -0.39 is 5.97 Å². The molecule has 1 unspecified atom stereocenters. The van der Waals surface area contributed by atoms with Gasteiger partial charge in [0.15, 0.2) is 11.5 Å². The Kier molecular flexibility index (Phi) is 4.28. The van der Waals surface area contributed by atoms with Gasteiger partial charge < -0.3 is 14.6 Å². The predicted molar refractivity (Wildman–Crippen MR) is 90.6 cm³/mol. The average molecular weight is 340 g/mol. The van der Waals surface area contributed by atoms with Crippen molar-refractivity contribution in [3.8, 4) is 11.5 Å². The second kappa shape index (κ2) is 6.72. The molecule has 6 heteroatoms. The quantitative estimate of drug-likeness (QED) is 0.923. The summed E-state index contributed by atoms with van der Waals surface area (Å²) in [7, 11) is 0. The molecule has 1 atom stereocenters. The number of carboxylic acids is 1. The van der Waals surface area contributed by atoms with Crippen molar-refractivity contribution < 1.29 is 19.4 Å². The SMILES string of the molecule is O=C(O)C1CCN(C(c2ccncc2)c2ccc3c(c2)OCO3)CC1. The third kappa shape index (κ3) is 3.17. The van der Waals surface area contributed by atoms with Crippen LogP contribution in [0.3, 0.4) is 0 Å². The number of rotatable bonds is 4. The first-order valence-electron chi connectivity index (χ1n) is 8.48. The van der Waals surface area contributed by atoms with Crippen LogP contribution in [-0.4, -0.2) is 40.8 Å². The number of carbonyl (C=O) groups is 1. The van der Waals surface area contributed by atoms with Crippen molar-refractivity contribution in [1.29, 1.82) is 0 Å². The van der Waals surface area contributed by atoms with Gasteiger partial charge in [0, 0.05) is 12.4 Å². The lowest BCUT2D eigenvalue weighted by Gasteiger charge is -2.37. The zero-order valence-electron chi connectivity index (χ0n) is 13.8. The molecule has 1 saturated heterocycles. The fraction of sp³-hybridized carbons (Fsp3) is 0.368. The lowest BCUT2D eigenvalue weighted by atomic mass is 9.91. The lowest BCUT2D eigenvalue weighted by molar-refractivity contribution is -0.143. The van der Waals surface area contributed by atoms with Crippen molar-refractivity contribution in [2.45, 2.75) is 18.9 Å². The minimum absolute atomic E-state index is 0.0484. The third-order valence-corrected chi connectivity index (χ3v) is 4.98. The van der Waals surface area contributed by atoms with Crippen LogP contribution in [-0.2, 0) is 4.79 Å². The van der Waals surface area contributed by atoms with Crippen LogP contribution in [0.15, 0.2) is 42.7 Å². The number of benzene rings is 1. The Bertz CT molecular complexity index is 757. The predicted octanol–water partition coefficient (Wildman–Crippen LogP) is 2.70. The van der Waals surface area contributed by atoms with E-state index in [1.165, 1.54) is 0 Å². The van der Waals surface area contributed by atoms with Crippen LogP contribution in [0.4, 0.5) is 0 Å². The Morgan fingerprint density at radius 2 is 1.80 bits per heavy atom. The first-order valence-corrected chi connectivity index (χ1v) is 8.48. The van der Waals surface area contributed by atoms with Crippen LogP contribution in [0, 0.1) is 5.92 Å². The topological polar surface area (TPSA) is 71.9 Å². The zero-order valence-corrected chi connectivity index (χ0v) is 13.8. The molecule has 1 fully saturated rings. The monoisotopic (exact) mass is 340 g/mol. The first kappa shape index (κ1) is 15.9. The van der Waals surface area contributed by atoms with Gasteiger partial charge in [0.1, 0.15) is 0 Å². The van der Waals surface area contributed by atoms with Gasteiger partial charge in [-0.1, -0.05) is 6.07 Å². The van der Waals surface area contributed by atoms with Gasteiger partial charge in [-0.3, -0.25) is 14.7 Å². The van der Waals surface area contributed by atoms with Gasteiger partial charge in [-0.05, 0) is 61.3 Å². The number of nitrogens with zero attached hydrogens (tertiary/aromatic N) is 2. The van der Waals surface area contributed by atoms with Crippen molar-refractivity contribution in [3.05, 3.63) is 53.9 Å². The minimum Gasteiger partial charge on any atom is -0.481 e. The maximum Gasteiger partial charge on any atom is 0.306 e. The van der Waals surface area contributed by atoms with Crippen molar-refractivity contribution >= 4 is 5.97 Å². The molecule has 130 valence electrons. The number of fused-ring (bicyclic) bond motifs is 1. The van der Waals surface area contributed by atoms with E-state index in [0.717, 1.165) is 35.7 Å². The number of carboxylic acid groups (broad SMARTS) is 1. The normalized spacial score (nSPS) is 18.9. The van der Waals surface area contributed by atoms with Crippen LogP contribution in [0.2, 0.25) is 0 Å². The highest BCUT2D eigenvalue weighted by Gasteiger charge is 2.31. The molecular weight excluding hydrogens is 320 g/mol. The largest absolute Gasteiger partial charge is 0.481 e. The second-order valence-electron chi connectivity index (χ2n) is 6.44. The van der Waals surface area contributed by atoms with Crippen LogP contribution in [0.5, 0.6) is 11.5 Å². The van der Waals surface area contributed by atoms with Gasteiger partial charge in [-0.2, -0.15) is 0 Å². The zero-order chi connectivity index (χ0) is 17.2. The second-order valence-corrected chi connectivity index (χ2v) is 6.44. The van der Waals surface area contributed by atoms with Gasteiger partial charge in [-0.15, -0.1) is 0 Å². The van der Waals surface area contributed by atoms with Crippen molar-refractivity contribution in [2.75, 3.05) is 19.9 Å². The number of piperidine rings is 1. The molecule has 4 rings (SSSR count). The fourth-order valence-electron chi connectivity index (χ4n) is 3.65. The van der Waals surface area contributed by atoms with E-state index in [4.69, 9.17) is 9.47 Å². The number of aliphatic carboxylic acids is 1. The van der Waals surface area contributed by atoms with Gasteiger partial charge in [-0.25, -0.2) is 0 Å². The molecule has 0 spiro atoms. The summed E-state index contributed by atoms with van der Waals surface area (Å²) in [5, 5.41) is 9.25. The summed E-state index contributed by atoms with van der Waals surface area (Å²) < 4.78 is 10.9. The van der Waals surface area contributed by atoms with E-state index in [0.29, 0.717) is 12.8 Å². The summed E-state index contributed by atoms with van der Waals surface area (Å²) in [5.41, 5.74) is 2.26. The highest BCUT2D eigenvalue weighted by molar-refractivity contribution is 5.70. The van der Waals surface area contributed by atoms with Gasteiger partial charge in [0.05, 0.1) is 12.0 Å². The van der Waals surface area contributed by atoms with Crippen LogP contribution >= 0.6 is 0 Å². The molecule has 1 aromatic carbocycles. The molecule has 2 aliphatic heterocycles. The highest BCUT2D eigenvalue weighted by Crippen LogP contribution is 2.38. The van der Waals surface area contributed by atoms with E-state index in [2.05, 4.69) is 16.0 Å². The molecule has 6 nitrogen and oxygen atoms in total. The Hall–Kier alpha value is -2.60. The molecule has 0 amide bonds. The minimum atomic E-state index is -0.691. The Labute approximate surface area is 146 Å². The summed E-state index contributed by atoms with van der Waals surface area (Å²) in [6.07, 6.45) is 4.92. The molecule has 2 aliphatic rings. The number of likely N-dealkylation sites (tertiary alicyclic amines) is 1. The van der Waals surface area contributed by atoms with E-state index in [9.17, 15) is 9.90 Å². The summed E-state index contributed by atoms with van der Waals surface area (Å²) in [6, 6.07) is 10.1. The summed E-state index contributed by atoms with van der Waals surface area (Å²) in [4.78, 5) is 17.7. The summed E-state index contributed by atoms with van der Waals surface area (Å²) in [6.45, 7) is 1.75. The molecule has 0 radical (unpaired) electrons. The molecule has 1 aromatic heterocycles. The van der Waals surface area contributed by atoms with Gasteiger partial charge >= 0.3 is 5.97 Å². The maximum atomic E-state index is 11.2. The Morgan fingerprint density at radius 3 is 2.52 bits per heavy atom. The standard InChI is InChI=1S/C19H20N2O4/c22-19(23)14-5-9-21(10-6-14)18(13-3-7-20-8-4-13)15-1-2-16-17(11-15)25-12-24-16/h1-4,7-8,11,14,18H,5-6,9-10,12H2,(H,22,23). The average Bonchev–Trinajstić information content (AvgIpc) is 3.11. The summed E-state index contributed by atoms with van der Waals surface area (Å²) in [5.74, 6) is 0.591. The fourth-order valence-corrected chi connectivity index (χ4v) is 3.65. The van der Waals surface area contributed by atoms with Gasteiger partial charge in [0.2, 0.25) is 6.79 Å². The molecule has 0 aliphatic carbocycles. The van der Waals surface area contributed by atoms with E-state index >= 15 is 0 Å². The molecule has 0 bridgehead atoms. The number of pyridine rings is 1. The van der Waals surface area contributed by atoms with Crippen LogP contribution in [0.25, 0.3) is 0 Å². The van der Waals surface area contributed by atoms with Gasteiger partial charge in [0.25, 0.3) is 0 Å². The molecular formula is C19H20N2O4. The van der Waals surface area contributed by atoms with Crippen LogP contribution < -0.4 is 9.47 Å². The molecule has 1 N–H and O–H groups in total. The lowest BCUT2D eigenvalue weighted by Crippen LogP contribution is -2.39.